The molecule has 0 saturated carbocycles. The maximum Gasteiger partial charge on any atom is 0.240 e. The highest BCUT2D eigenvalue weighted by Gasteiger charge is 2.19. The van der Waals surface area contributed by atoms with Crippen molar-refractivity contribution in [1.29, 1.82) is 0 Å². The number of benzene rings is 1. The average molecular weight is 299 g/mol. The molecule has 1 aromatic carbocycles. The van der Waals surface area contributed by atoms with Crippen LogP contribution in [0.1, 0.15) is 5.89 Å². The molecule has 0 aliphatic rings. The van der Waals surface area contributed by atoms with Crippen molar-refractivity contribution in [2.24, 2.45) is 5.73 Å². The predicted molar refractivity (Wildman–Crippen MR) is 72.5 cm³/mol. The van der Waals surface area contributed by atoms with Crippen LogP contribution in [-0.2, 0) is 16.4 Å². The van der Waals surface area contributed by atoms with Crippen molar-refractivity contribution >= 4 is 21.6 Å². The maximum atomic E-state index is 11.8. The van der Waals surface area contributed by atoms with Crippen molar-refractivity contribution in [3.63, 3.8) is 0 Å². The Balaban J connectivity index is 2.64. The molecule has 0 bridgehead atoms. The summed E-state index contributed by atoms with van der Waals surface area (Å²) in [5.74, 6) is 0.655. The van der Waals surface area contributed by atoms with Crippen LogP contribution in [0.2, 0.25) is 0 Å². The summed E-state index contributed by atoms with van der Waals surface area (Å²) in [5.41, 5.74) is 6.04. The molecule has 0 unspecified atom stereocenters. The fourth-order valence-corrected chi connectivity index (χ4v) is 3.77. The van der Waals surface area contributed by atoms with Gasteiger partial charge in [0.15, 0.2) is 9.84 Å². The first-order valence-electron chi connectivity index (χ1n) is 5.37. The number of hydrogen-bond donors (Lipinski definition) is 1. The molecule has 0 fully saturated rings. The molecule has 2 aromatic rings. The van der Waals surface area contributed by atoms with E-state index in [1.54, 1.807) is 24.5 Å². The molecule has 0 radical (unpaired) electrons. The van der Waals surface area contributed by atoms with E-state index in [0.29, 0.717) is 22.2 Å². The van der Waals surface area contributed by atoms with Crippen molar-refractivity contribution < 1.29 is 12.9 Å². The van der Waals surface area contributed by atoms with Crippen molar-refractivity contribution in [2.45, 2.75) is 16.3 Å². The van der Waals surface area contributed by atoms with E-state index in [0.717, 1.165) is 0 Å². The van der Waals surface area contributed by atoms with Crippen molar-refractivity contribution in [3.05, 3.63) is 24.1 Å². The molecule has 0 atom stereocenters. The van der Waals surface area contributed by atoms with E-state index in [1.165, 1.54) is 18.0 Å². The molecule has 0 aliphatic heterocycles. The lowest BCUT2D eigenvalue weighted by atomic mass is 10.2. The lowest BCUT2D eigenvalue weighted by molar-refractivity contribution is 0.380. The highest BCUT2D eigenvalue weighted by molar-refractivity contribution is 7.99. The zero-order valence-electron chi connectivity index (χ0n) is 10.5. The van der Waals surface area contributed by atoms with Gasteiger partial charge in [0.25, 0.3) is 0 Å². The lowest BCUT2D eigenvalue weighted by Crippen LogP contribution is -2.01. The van der Waals surface area contributed by atoms with E-state index in [2.05, 4.69) is 10.1 Å². The Bertz CT molecular complexity index is 695. The molecule has 0 saturated heterocycles. The summed E-state index contributed by atoms with van der Waals surface area (Å²) < 4.78 is 28.5. The third kappa shape index (κ3) is 2.80. The minimum Gasteiger partial charge on any atom is -0.338 e. The number of thioether (sulfide) groups is 1. The largest absolute Gasteiger partial charge is 0.338 e. The fourth-order valence-electron chi connectivity index (χ4n) is 1.64. The summed E-state index contributed by atoms with van der Waals surface area (Å²) in [6.45, 7) is 0.146. The van der Waals surface area contributed by atoms with E-state index in [9.17, 15) is 8.42 Å². The summed E-state index contributed by atoms with van der Waals surface area (Å²) in [5, 5.41) is 3.81. The van der Waals surface area contributed by atoms with Gasteiger partial charge in [0.05, 0.1) is 11.4 Å². The molecule has 6 nitrogen and oxygen atoms in total. The second kappa shape index (κ2) is 5.32. The minimum atomic E-state index is -3.31. The summed E-state index contributed by atoms with van der Waals surface area (Å²) >= 11 is 1.33. The summed E-state index contributed by atoms with van der Waals surface area (Å²) in [6.07, 6.45) is 2.98. The van der Waals surface area contributed by atoms with Gasteiger partial charge < -0.3 is 10.3 Å². The summed E-state index contributed by atoms with van der Waals surface area (Å²) in [6, 6.07) is 4.98. The predicted octanol–water partition coefficient (Wildman–Crippen LogP) is 1.32. The van der Waals surface area contributed by atoms with Gasteiger partial charge in [-0.3, -0.25) is 0 Å². The molecule has 19 heavy (non-hydrogen) atoms. The number of nitrogens with zero attached hydrogens (tertiary/aromatic N) is 2. The first kappa shape index (κ1) is 14.0. The first-order valence-corrected chi connectivity index (χ1v) is 8.49. The van der Waals surface area contributed by atoms with Crippen LogP contribution < -0.4 is 5.73 Å². The number of nitrogens with two attached hydrogens (primary N) is 1. The quantitative estimate of drug-likeness (QED) is 0.850. The Morgan fingerprint density at radius 1 is 1.42 bits per heavy atom. The Morgan fingerprint density at radius 3 is 2.68 bits per heavy atom. The van der Waals surface area contributed by atoms with Crippen LogP contribution >= 0.6 is 11.8 Å². The molecular weight excluding hydrogens is 286 g/mol. The molecule has 0 aliphatic carbocycles. The smallest absolute Gasteiger partial charge is 0.240 e. The van der Waals surface area contributed by atoms with Gasteiger partial charge in [-0.25, -0.2) is 8.42 Å². The molecule has 1 aromatic heterocycles. The van der Waals surface area contributed by atoms with Crippen molar-refractivity contribution in [2.75, 3.05) is 12.5 Å². The van der Waals surface area contributed by atoms with E-state index < -0.39 is 9.84 Å². The maximum absolute atomic E-state index is 11.8. The zero-order valence-corrected chi connectivity index (χ0v) is 12.1. The van der Waals surface area contributed by atoms with E-state index in [-0.39, 0.29) is 11.4 Å². The second-order valence-electron chi connectivity index (χ2n) is 3.82. The molecule has 2 N–H and O–H groups in total. The van der Waals surface area contributed by atoms with Crippen LogP contribution in [0.15, 0.2) is 32.5 Å². The van der Waals surface area contributed by atoms with Gasteiger partial charge in [0.1, 0.15) is 0 Å². The number of rotatable bonds is 4. The van der Waals surface area contributed by atoms with Crippen LogP contribution in [0.25, 0.3) is 11.4 Å². The van der Waals surface area contributed by atoms with Gasteiger partial charge >= 0.3 is 0 Å². The van der Waals surface area contributed by atoms with Gasteiger partial charge in [-0.05, 0) is 18.4 Å². The third-order valence-corrected chi connectivity index (χ3v) is 4.58. The SMILES string of the molecule is CSc1c(-c2noc(CN)n2)cccc1S(C)(=O)=O. The molecular formula is C11H13N3O3S2. The highest BCUT2D eigenvalue weighted by atomic mass is 32.2. The van der Waals surface area contributed by atoms with Crippen LogP contribution in [0.5, 0.6) is 0 Å². The van der Waals surface area contributed by atoms with E-state index >= 15 is 0 Å². The Kier molecular flexibility index (Phi) is 3.93. The van der Waals surface area contributed by atoms with Crippen LogP contribution in [-0.4, -0.2) is 31.1 Å². The highest BCUT2D eigenvalue weighted by Crippen LogP contribution is 2.34. The lowest BCUT2D eigenvalue weighted by Gasteiger charge is -2.08. The fraction of sp³-hybridized carbons (Fsp3) is 0.273. The van der Waals surface area contributed by atoms with Gasteiger partial charge in [-0.2, -0.15) is 4.98 Å². The third-order valence-electron chi connectivity index (χ3n) is 2.47. The standard InChI is InChI=1S/C11H13N3O3S2/c1-18-10-7(11-13-9(6-12)17-14-11)4-3-5-8(10)19(2,15)16/h3-5H,6,12H2,1-2H3. The van der Waals surface area contributed by atoms with Gasteiger partial charge in [0.2, 0.25) is 11.7 Å². The summed E-state index contributed by atoms with van der Waals surface area (Å²) in [4.78, 5) is 4.99. The van der Waals surface area contributed by atoms with Gasteiger partial charge in [-0.15, -0.1) is 11.8 Å². The molecule has 1 heterocycles. The molecule has 0 amide bonds. The monoisotopic (exact) mass is 299 g/mol. The average Bonchev–Trinajstić information content (AvgIpc) is 2.85. The number of sulfone groups is 1. The van der Waals surface area contributed by atoms with E-state index in [4.69, 9.17) is 10.3 Å². The normalized spacial score (nSPS) is 11.7. The molecule has 2 rings (SSSR count). The van der Waals surface area contributed by atoms with Crippen LogP contribution in [0.3, 0.4) is 0 Å². The number of aromatic nitrogens is 2. The Morgan fingerprint density at radius 2 is 2.16 bits per heavy atom. The van der Waals surface area contributed by atoms with Crippen molar-refractivity contribution in [3.8, 4) is 11.4 Å². The van der Waals surface area contributed by atoms with Crippen molar-refractivity contribution in [1.82, 2.24) is 10.1 Å². The summed E-state index contributed by atoms with van der Waals surface area (Å²) in [7, 11) is -3.31. The molecule has 8 heteroatoms. The zero-order chi connectivity index (χ0) is 14.0. The Hall–Kier alpha value is -1.38. The van der Waals surface area contributed by atoms with Crippen LogP contribution in [0, 0.1) is 0 Å². The minimum absolute atomic E-state index is 0.146. The Labute approximate surface area is 115 Å². The number of hydrogen-bond acceptors (Lipinski definition) is 7. The van der Waals surface area contributed by atoms with Gasteiger partial charge in [-0.1, -0.05) is 11.2 Å². The molecule has 102 valence electrons. The van der Waals surface area contributed by atoms with E-state index in [1.807, 2.05) is 0 Å². The second-order valence-corrected chi connectivity index (χ2v) is 6.63. The first-order chi connectivity index (χ1) is 8.97. The van der Waals surface area contributed by atoms with Crippen LogP contribution in [0.4, 0.5) is 0 Å². The molecule has 0 spiro atoms. The van der Waals surface area contributed by atoms with Gasteiger partial charge in [0, 0.05) is 16.7 Å². The topological polar surface area (TPSA) is 99.1 Å².